The Morgan fingerprint density at radius 2 is 1.12 bits per heavy atom. The highest BCUT2D eigenvalue weighted by atomic mass is 16.0. The van der Waals surface area contributed by atoms with Crippen LogP contribution < -0.4 is 0 Å². The zero-order valence-corrected chi connectivity index (χ0v) is 4.98. The molecule has 4 N–H and O–H groups in total. The van der Waals surface area contributed by atoms with E-state index in [2.05, 4.69) is 12.2 Å². The first-order chi connectivity index (χ1) is 3.00. The molecule has 0 unspecified atom stereocenters. The third kappa shape index (κ3) is 3.84. The van der Waals surface area contributed by atoms with E-state index in [1.165, 1.54) is 25.7 Å². The Morgan fingerprint density at radius 1 is 0.750 bits per heavy atom. The van der Waals surface area contributed by atoms with Crippen LogP contribution in [0, 0.1) is 0 Å². The van der Waals surface area contributed by atoms with E-state index in [0.717, 1.165) is 0 Å². The molecule has 2 nitrogen and oxygen atoms in total. The second-order valence-electron chi connectivity index (χ2n) is 1.76. The lowest BCUT2D eigenvalue weighted by Gasteiger charge is -1.97. The molecule has 2 heteroatoms. The molecule has 50 valence electrons. The molecule has 0 saturated heterocycles. The van der Waals surface area contributed by atoms with Gasteiger partial charge < -0.3 is 11.0 Å². The van der Waals surface area contributed by atoms with Crippen molar-refractivity contribution in [2.45, 2.75) is 25.7 Å². The van der Waals surface area contributed by atoms with Crippen molar-refractivity contribution < 1.29 is 11.0 Å². The molecule has 0 aliphatic heterocycles. The highest BCUT2D eigenvalue weighted by Crippen LogP contribution is 2.07. The second kappa shape index (κ2) is 6.66. The molecule has 8 heavy (non-hydrogen) atoms. The normalized spacial score (nSPS) is 16.0. The molecule has 1 aliphatic rings. The first-order valence-corrected chi connectivity index (χ1v) is 2.65. The fourth-order valence-electron chi connectivity index (χ4n) is 0.760. The number of hydrogen-bond acceptors (Lipinski definition) is 0. The standard InChI is InChI=1S/C6H10.2H2O/c1-2-4-6-5-3-1;;/h1-2H,3-6H2;2*1H2. The lowest BCUT2D eigenvalue weighted by Crippen LogP contribution is -1.77. The molecule has 0 radical (unpaired) electrons. The van der Waals surface area contributed by atoms with E-state index < -0.39 is 0 Å². The monoisotopic (exact) mass is 118 g/mol. The van der Waals surface area contributed by atoms with Gasteiger partial charge in [0, 0.05) is 0 Å². The van der Waals surface area contributed by atoms with Crippen molar-refractivity contribution in [3.63, 3.8) is 0 Å². The zero-order chi connectivity index (χ0) is 4.24. The predicted molar refractivity (Wildman–Crippen MR) is 34.8 cm³/mol. The first kappa shape index (κ1) is 10.6. The smallest absolute Gasteiger partial charge is 0.0351 e. The number of hydrogen-bond donors (Lipinski definition) is 0. The van der Waals surface area contributed by atoms with E-state index in [-0.39, 0.29) is 11.0 Å². The van der Waals surface area contributed by atoms with Gasteiger partial charge in [-0.15, -0.1) is 0 Å². The van der Waals surface area contributed by atoms with Gasteiger partial charge in [0.25, 0.3) is 0 Å². The SMILES string of the molecule is C1=CCCCC1.O.O. The molecule has 1 rings (SSSR count). The average molecular weight is 118 g/mol. The Kier molecular flexibility index (Phi) is 8.83. The third-order valence-electron chi connectivity index (χ3n) is 1.16. The Labute approximate surface area is 49.8 Å². The molecule has 0 heterocycles. The molecule has 0 atom stereocenters. The molecule has 0 amide bonds. The van der Waals surface area contributed by atoms with Gasteiger partial charge in [-0.05, 0) is 25.7 Å². The lowest BCUT2D eigenvalue weighted by atomic mass is 10.1. The molecular formula is C6H14O2. The molecule has 1 aliphatic carbocycles. The number of allylic oxidation sites excluding steroid dienone is 2. The van der Waals surface area contributed by atoms with E-state index in [0.29, 0.717) is 0 Å². The molecule has 0 bridgehead atoms. The van der Waals surface area contributed by atoms with Crippen LogP contribution in [-0.2, 0) is 0 Å². The predicted octanol–water partition coefficient (Wildman–Crippen LogP) is 0.467. The quantitative estimate of drug-likeness (QED) is 0.415. The molecule has 0 aromatic heterocycles. The van der Waals surface area contributed by atoms with Crippen LogP contribution in [0.3, 0.4) is 0 Å². The van der Waals surface area contributed by atoms with Crippen molar-refractivity contribution in [1.29, 1.82) is 0 Å². The van der Waals surface area contributed by atoms with Gasteiger partial charge in [-0.3, -0.25) is 0 Å². The van der Waals surface area contributed by atoms with E-state index >= 15 is 0 Å². The molecule has 0 aromatic carbocycles. The summed E-state index contributed by atoms with van der Waals surface area (Å²) in [5, 5.41) is 0. The summed E-state index contributed by atoms with van der Waals surface area (Å²) < 4.78 is 0. The first-order valence-electron chi connectivity index (χ1n) is 2.65. The largest absolute Gasteiger partial charge is 0.412 e. The van der Waals surface area contributed by atoms with Crippen LogP contribution in [0.15, 0.2) is 12.2 Å². The van der Waals surface area contributed by atoms with E-state index in [4.69, 9.17) is 0 Å². The van der Waals surface area contributed by atoms with E-state index in [1.807, 2.05) is 0 Å². The van der Waals surface area contributed by atoms with Crippen molar-refractivity contribution >= 4 is 0 Å². The van der Waals surface area contributed by atoms with Gasteiger partial charge in [0.15, 0.2) is 0 Å². The van der Waals surface area contributed by atoms with Crippen molar-refractivity contribution in [3.05, 3.63) is 12.2 Å². The maximum absolute atomic E-state index is 2.27. The van der Waals surface area contributed by atoms with Crippen LogP contribution >= 0.6 is 0 Å². The van der Waals surface area contributed by atoms with Crippen LogP contribution in [0.2, 0.25) is 0 Å². The molecule has 0 fully saturated rings. The van der Waals surface area contributed by atoms with E-state index in [1.54, 1.807) is 0 Å². The summed E-state index contributed by atoms with van der Waals surface area (Å²) in [5.74, 6) is 0. The summed E-state index contributed by atoms with van der Waals surface area (Å²) in [4.78, 5) is 0. The maximum atomic E-state index is 2.27. The average Bonchev–Trinajstić information content (AvgIpc) is 1.72. The number of rotatable bonds is 0. The van der Waals surface area contributed by atoms with Crippen molar-refractivity contribution in [2.24, 2.45) is 0 Å². The van der Waals surface area contributed by atoms with Crippen LogP contribution in [0.5, 0.6) is 0 Å². The van der Waals surface area contributed by atoms with Crippen LogP contribution in [0.1, 0.15) is 25.7 Å². The summed E-state index contributed by atoms with van der Waals surface area (Å²) in [7, 11) is 0. The molecule has 0 saturated carbocycles. The fraction of sp³-hybridized carbons (Fsp3) is 0.667. The third-order valence-corrected chi connectivity index (χ3v) is 1.16. The topological polar surface area (TPSA) is 63.0 Å². The van der Waals surface area contributed by atoms with Crippen molar-refractivity contribution in [3.8, 4) is 0 Å². The summed E-state index contributed by atoms with van der Waals surface area (Å²) in [6.45, 7) is 0. The van der Waals surface area contributed by atoms with Crippen LogP contribution in [0.25, 0.3) is 0 Å². The molecule has 0 aromatic rings. The van der Waals surface area contributed by atoms with Crippen LogP contribution in [-0.4, -0.2) is 11.0 Å². The second-order valence-corrected chi connectivity index (χ2v) is 1.76. The summed E-state index contributed by atoms with van der Waals surface area (Å²) in [6, 6.07) is 0. The summed E-state index contributed by atoms with van der Waals surface area (Å²) >= 11 is 0. The minimum Gasteiger partial charge on any atom is -0.412 e. The van der Waals surface area contributed by atoms with Gasteiger partial charge in [0.1, 0.15) is 0 Å². The van der Waals surface area contributed by atoms with Gasteiger partial charge >= 0.3 is 0 Å². The minimum atomic E-state index is 0. The van der Waals surface area contributed by atoms with Gasteiger partial charge in [0.2, 0.25) is 0 Å². The summed E-state index contributed by atoms with van der Waals surface area (Å²) in [6.07, 6.45) is 10.0. The zero-order valence-electron chi connectivity index (χ0n) is 4.98. The van der Waals surface area contributed by atoms with E-state index in [9.17, 15) is 0 Å². The molecule has 0 spiro atoms. The Balaban J connectivity index is 0. The van der Waals surface area contributed by atoms with Crippen molar-refractivity contribution in [2.75, 3.05) is 0 Å². The molecular weight excluding hydrogens is 104 g/mol. The Morgan fingerprint density at radius 3 is 1.25 bits per heavy atom. The maximum Gasteiger partial charge on any atom is -0.0351 e. The highest BCUT2D eigenvalue weighted by Gasteiger charge is 1.87. The van der Waals surface area contributed by atoms with Gasteiger partial charge in [0.05, 0.1) is 0 Å². The Hall–Kier alpha value is -0.340. The van der Waals surface area contributed by atoms with Gasteiger partial charge in [-0.25, -0.2) is 0 Å². The fourth-order valence-corrected chi connectivity index (χ4v) is 0.760. The van der Waals surface area contributed by atoms with Gasteiger partial charge in [-0.1, -0.05) is 12.2 Å². The van der Waals surface area contributed by atoms with Crippen LogP contribution in [0.4, 0.5) is 0 Å². The lowest BCUT2D eigenvalue weighted by molar-refractivity contribution is 0.730. The van der Waals surface area contributed by atoms with Gasteiger partial charge in [-0.2, -0.15) is 0 Å². The Bertz CT molecular complexity index is 51.5. The van der Waals surface area contributed by atoms with Crippen molar-refractivity contribution in [1.82, 2.24) is 0 Å². The minimum absolute atomic E-state index is 0. The highest BCUT2D eigenvalue weighted by molar-refractivity contribution is 4.85. The summed E-state index contributed by atoms with van der Waals surface area (Å²) in [5.41, 5.74) is 0.